The summed E-state index contributed by atoms with van der Waals surface area (Å²) in [5.41, 5.74) is 7.89. The summed E-state index contributed by atoms with van der Waals surface area (Å²) >= 11 is 0. The zero-order chi connectivity index (χ0) is 13.7. The number of rotatable bonds is 4. The Morgan fingerprint density at radius 3 is 2.47 bits per heavy atom. The first-order valence-corrected chi connectivity index (χ1v) is 5.96. The van der Waals surface area contributed by atoms with E-state index in [0.29, 0.717) is 17.8 Å². The predicted molar refractivity (Wildman–Crippen MR) is 76.2 cm³/mol. The summed E-state index contributed by atoms with van der Waals surface area (Å²) < 4.78 is 5.07. The second kappa shape index (κ2) is 5.91. The normalized spacial score (nSPS) is 9.95. The van der Waals surface area contributed by atoms with Gasteiger partial charge in [-0.25, -0.2) is 0 Å². The van der Waals surface area contributed by atoms with Gasteiger partial charge in [0.05, 0.1) is 24.9 Å². The predicted octanol–water partition coefficient (Wildman–Crippen LogP) is 2.46. The van der Waals surface area contributed by atoms with Crippen LogP contribution < -0.4 is 15.8 Å². The van der Waals surface area contributed by atoms with Gasteiger partial charge in [-0.2, -0.15) is 0 Å². The van der Waals surface area contributed by atoms with Crippen LogP contribution in [0, 0.1) is 0 Å². The molecule has 98 valence electrons. The fourth-order valence-corrected chi connectivity index (χ4v) is 1.73. The molecule has 2 rings (SSSR count). The van der Waals surface area contributed by atoms with Gasteiger partial charge in [0.2, 0.25) is 5.91 Å². The highest BCUT2D eigenvalue weighted by Crippen LogP contribution is 2.17. The van der Waals surface area contributed by atoms with E-state index in [4.69, 9.17) is 10.5 Å². The molecule has 19 heavy (non-hydrogen) atoms. The Labute approximate surface area is 112 Å². The number of benzene rings is 2. The summed E-state index contributed by atoms with van der Waals surface area (Å²) in [6, 6.07) is 14.6. The third-order valence-electron chi connectivity index (χ3n) is 2.76. The Morgan fingerprint density at radius 1 is 1.16 bits per heavy atom. The quantitative estimate of drug-likeness (QED) is 0.826. The lowest BCUT2D eigenvalue weighted by atomic mass is 10.1. The number of amides is 1. The lowest BCUT2D eigenvalue weighted by molar-refractivity contribution is -0.115. The van der Waals surface area contributed by atoms with Crippen molar-refractivity contribution < 1.29 is 9.53 Å². The molecule has 0 heterocycles. The summed E-state index contributed by atoms with van der Waals surface area (Å²) in [5, 5.41) is 2.79. The average molecular weight is 256 g/mol. The molecule has 0 bridgehead atoms. The molecule has 4 heteroatoms. The summed E-state index contributed by atoms with van der Waals surface area (Å²) in [4.78, 5) is 11.9. The molecule has 0 fully saturated rings. The number of nitrogens with two attached hydrogens (primary N) is 1. The van der Waals surface area contributed by atoms with Gasteiger partial charge in [0.1, 0.15) is 5.75 Å². The summed E-state index contributed by atoms with van der Waals surface area (Å²) in [6.07, 6.45) is 0.304. The molecule has 0 saturated carbocycles. The highest BCUT2D eigenvalue weighted by atomic mass is 16.5. The lowest BCUT2D eigenvalue weighted by Gasteiger charge is -2.08. The van der Waals surface area contributed by atoms with E-state index in [1.807, 2.05) is 36.4 Å². The fourth-order valence-electron chi connectivity index (χ4n) is 1.73. The highest BCUT2D eigenvalue weighted by molar-refractivity contribution is 5.95. The van der Waals surface area contributed by atoms with E-state index in [9.17, 15) is 4.79 Å². The molecule has 4 nitrogen and oxygen atoms in total. The molecule has 2 aromatic carbocycles. The number of nitrogen functional groups attached to an aromatic ring is 1. The SMILES string of the molecule is COc1ccc(CC(=O)Nc2ccccc2N)cc1. The van der Waals surface area contributed by atoms with Gasteiger partial charge in [0.15, 0.2) is 0 Å². The number of methoxy groups -OCH3 is 1. The van der Waals surface area contributed by atoms with Gasteiger partial charge >= 0.3 is 0 Å². The maximum atomic E-state index is 11.9. The van der Waals surface area contributed by atoms with Gasteiger partial charge in [0.25, 0.3) is 0 Å². The van der Waals surface area contributed by atoms with Gasteiger partial charge in [-0.05, 0) is 29.8 Å². The van der Waals surface area contributed by atoms with Crippen molar-refractivity contribution in [2.45, 2.75) is 6.42 Å². The van der Waals surface area contributed by atoms with Gasteiger partial charge in [-0.3, -0.25) is 4.79 Å². The molecule has 0 radical (unpaired) electrons. The Morgan fingerprint density at radius 2 is 1.84 bits per heavy atom. The Kier molecular flexibility index (Phi) is 4.03. The van der Waals surface area contributed by atoms with Crippen molar-refractivity contribution in [3.8, 4) is 5.75 Å². The molecule has 0 atom stereocenters. The minimum atomic E-state index is -0.0944. The first-order valence-electron chi connectivity index (χ1n) is 5.96. The van der Waals surface area contributed by atoms with Gasteiger partial charge in [-0.1, -0.05) is 24.3 Å². The van der Waals surface area contributed by atoms with Crippen molar-refractivity contribution in [3.63, 3.8) is 0 Å². The number of anilines is 2. The number of ether oxygens (including phenoxy) is 1. The van der Waals surface area contributed by atoms with Crippen molar-refractivity contribution in [2.24, 2.45) is 0 Å². The number of hydrogen-bond acceptors (Lipinski definition) is 3. The third kappa shape index (κ3) is 3.48. The monoisotopic (exact) mass is 256 g/mol. The molecule has 0 aromatic heterocycles. The van der Waals surface area contributed by atoms with E-state index in [0.717, 1.165) is 11.3 Å². The summed E-state index contributed by atoms with van der Waals surface area (Å²) in [7, 11) is 1.61. The molecule has 3 N–H and O–H groups in total. The fraction of sp³-hybridized carbons (Fsp3) is 0.133. The van der Waals surface area contributed by atoms with Crippen LogP contribution in [-0.2, 0) is 11.2 Å². The van der Waals surface area contributed by atoms with E-state index >= 15 is 0 Å². The lowest BCUT2D eigenvalue weighted by Crippen LogP contribution is -2.15. The minimum absolute atomic E-state index is 0.0944. The third-order valence-corrected chi connectivity index (χ3v) is 2.76. The summed E-state index contributed by atoms with van der Waals surface area (Å²) in [5.74, 6) is 0.680. The molecule has 0 spiro atoms. The van der Waals surface area contributed by atoms with Crippen LogP contribution in [0.4, 0.5) is 11.4 Å². The molecule has 0 aliphatic heterocycles. The van der Waals surface area contributed by atoms with Crippen LogP contribution in [0.5, 0.6) is 5.75 Å². The van der Waals surface area contributed by atoms with Crippen LogP contribution in [0.15, 0.2) is 48.5 Å². The van der Waals surface area contributed by atoms with E-state index < -0.39 is 0 Å². The molecule has 0 saturated heterocycles. The highest BCUT2D eigenvalue weighted by Gasteiger charge is 2.06. The van der Waals surface area contributed by atoms with Crippen molar-refractivity contribution in [2.75, 3.05) is 18.2 Å². The first-order chi connectivity index (χ1) is 9.19. The molecule has 0 aliphatic carbocycles. The van der Waals surface area contributed by atoms with Crippen LogP contribution in [-0.4, -0.2) is 13.0 Å². The summed E-state index contributed by atoms with van der Waals surface area (Å²) in [6.45, 7) is 0. The van der Waals surface area contributed by atoms with Crippen molar-refractivity contribution in [1.29, 1.82) is 0 Å². The molecular formula is C15H16N2O2. The molecule has 0 unspecified atom stereocenters. The first kappa shape index (κ1) is 13.0. The zero-order valence-corrected chi connectivity index (χ0v) is 10.7. The second-order valence-electron chi connectivity index (χ2n) is 4.16. The van der Waals surface area contributed by atoms with Crippen LogP contribution in [0.2, 0.25) is 0 Å². The smallest absolute Gasteiger partial charge is 0.228 e. The van der Waals surface area contributed by atoms with Crippen molar-refractivity contribution >= 4 is 17.3 Å². The molecule has 1 amide bonds. The van der Waals surface area contributed by atoms with Gasteiger partial charge in [-0.15, -0.1) is 0 Å². The van der Waals surface area contributed by atoms with E-state index in [1.54, 1.807) is 19.2 Å². The Bertz CT molecular complexity index is 565. The minimum Gasteiger partial charge on any atom is -0.497 e. The second-order valence-corrected chi connectivity index (χ2v) is 4.16. The Balaban J connectivity index is 1.99. The van der Waals surface area contributed by atoms with E-state index in [2.05, 4.69) is 5.32 Å². The van der Waals surface area contributed by atoms with E-state index in [-0.39, 0.29) is 5.91 Å². The van der Waals surface area contributed by atoms with Crippen LogP contribution >= 0.6 is 0 Å². The molecular weight excluding hydrogens is 240 g/mol. The number of hydrogen-bond donors (Lipinski definition) is 2. The zero-order valence-electron chi connectivity index (χ0n) is 10.7. The Hall–Kier alpha value is -2.49. The van der Waals surface area contributed by atoms with Crippen molar-refractivity contribution in [3.05, 3.63) is 54.1 Å². The van der Waals surface area contributed by atoms with E-state index in [1.165, 1.54) is 0 Å². The van der Waals surface area contributed by atoms with Gasteiger partial charge < -0.3 is 15.8 Å². The number of nitrogens with one attached hydrogen (secondary N) is 1. The standard InChI is InChI=1S/C15H16N2O2/c1-19-12-8-6-11(7-9-12)10-15(18)17-14-5-3-2-4-13(14)16/h2-9H,10,16H2,1H3,(H,17,18). The maximum absolute atomic E-state index is 11.9. The van der Waals surface area contributed by atoms with Crippen LogP contribution in [0.1, 0.15) is 5.56 Å². The largest absolute Gasteiger partial charge is 0.497 e. The molecule has 0 aliphatic rings. The maximum Gasteiger partial charge on any atom is 0.228 e. The number of carbonyl (C=O) groups excluding carboxylic acids is 1. The van der Waals surface area contributed by atoms with Crippen molar-refractivity contribution in [1.82, 2.24) is 0 Å². The average Bonchev–Trinajstić information content (AvgIpc) is 2.42. The number of para-hydroxylation sites is 2. The number of carbonyl (C=O) groups is 1. The topological polar surface area (TPSA) is 64.3 Å². The van der Waals surface area contributed by atoms with Gasteiger partial charge in [0, 0.05) is 0 Å². The molecule has 2 aromatic rings. The van der Waals surface area contributed by atoms with Crippen LogP contribution in [0.3, 0.4) is 0 Å². The van der Waals surface area contributed by atoms with Crippen LogP contribution in [0.25, 0.3) is 0 Å².